The van der Waals surface area contributed by atoms with Crippen LogP contribution < -0.4 is 5.32 Å². The van der Waals surface area contributed by atoms with E-state index in [0.717, 1.165) is 0 Å². The molecule has 1 saturated heterocycles. The Balaban J connectivity index is 2.64. The molecule has 17 heavy (non-hydrogen) atoms. The van der Waals surface area contributed by atoms with Gasteiger partial charge in [0.05, 0.1) is 5.41 Å². The minimum absolute atomic E-state index is 0.358. The molecule has 0 radical (unpaired) electrons. The fourth-order valence-corrected chi connectivity index (χ4v) is 3.24. The van der Waals surface area contributed by atoms with Crippen LogP contribution in [0.4, 0.5) is 0 Å². The van der Waals surface area contributed by atoms with E-state index in [-0.39, 0.29) is 5.91 Å². The van der Waals surface area contributed by atoms with Gasteiger partial charge in [-0.15, -0.1) is 0 Å². The topological polar surface area (TPSA) is 72.5 Å². The molecular weight excluding hydrogens is 222 g/mol. The van der Waals surface area contributed by atoms with Crippen LogP contribution in [-0.4, -0.2) is 24.9 Å². The summed E-state index contributed by atoms with van der Waals surface area (Å²) in [5.74, 6) is -1.57. The van der Waals surface area contributed by atoms with Crippen LogP contribution in [0.25, 0.3) is 0 Å². The number of carbonyl (C=O) groups is 3. The zero-order valence-corrected chi connectivity index (χ0v) is 10.5. The van der Waals surface area contributed by atoms with E-state index < -0.39 is 28.2 Å². The summed E-state index contributed by atoms with van der Waals surface area (Å²) in [5.41, 5.74) is -2.73. The second-order valence-corrected chi connectivity index (χ2v) is 5.62. The number of cyclic esters (lactones) is 2. The first-order chi connectivity index (χ1) is 7.74. The van der Waals surface area contributed by atoms with E-state index in [1.807, 2.05) is 0 Å². The number of amides is 1. The fourth-order valence-electron chi connectivity index (χ4n) is 3.24. The largest absolute Gasteiger partial charge is 0.392 e. The van der Waals surface area contributed by atoms with E-state index in [4.69, 9.17) is 4.74 Å². The van der Waals surface area contributed by atoms with Crippen molar-refractivity contribution >= 4 is 17.8 Å². The second kappa shape index (κ2) is 3.09. The van der Waals surface area contributed by atoms with Gasteiger partial charge in [0.1, 0.15) is 0 Å². The molecule has 2 aliphatic rings. The zero-order valence-electron chi connectivity index (χ0n) is 10.5. The van der Waals surface area contributed by atoms with Gasteiger partial charge < -0.3 is 10.1 Å². The molecule has 1 saturated carbocycles. The Labute approximate surface area is 99.9 Å². The first-order valence-corrected chi connectivity index (χ1v) is 5.73. The van der Waals surface area contributed by atoms with Gasteiger partial charge in [-0.2, -0.15) is 0 Å². The molecule has 0 spiro atoms. The Bertz CT molecular complexity index is 428. The van der Waals surface area contributed by atoms with E-state index in [9.17, 15) is 14.4 Å². The maximum atomic E-state index is 12.1. The Morgan fingerprint density at radius 3 is 2.29 bits per heavy atom. The van der Waals surface area contributed by atoms with E-state index in [2.05, 4.69) is 5.32 Å². The van der Waals surface area contributed by atoms with Crippen LogP contribution in [0.15, 0.2) is 0 Å². The van der Waals surface area contributed by atoms with Crippen molar-refractivity contribution in [2.24, 2.45) is 16.2 Å². The molecule has 5 nitrogen and oxygen atoms in total. The third-order valence-corrected chi connectivity index (χ3v) is 5.05. The molecule has 1 heterocycles. The first kappa shape index (κ1) is 12.1. The lowest BCUT2D eigenvalue weighted by molar-refractivity contribution is -0.196. The maximum Gasteiger partial charge on any atom is 0.329 e. The lowest BCUT2D eigenvalue weighted by Crippen LogP contribution is -2.61. The van der Waals surface area contributed by atoms with Gasteiger partial charge >= 0.3 is 11.9 Å². The van der Waals surface area contributed by atoms with Crippen molar-refractivity contribution in [1.29, 1.82) is 0 Å². The standard InChI is InChI=1S/C12H17NO4/c1-10(2)11(3)5-6-12(10,7(14)13-4)9(16)17-8(11)15/h5-6H2,1-4H3,(H,13,14)/t11-,12+/m1/s1. The molecule has 2 rings (SSSR count). The molecule has 1 aliphatic heterocycles. The number of hydrogen-bond donors (Lipinski definition) is 1. The molecular formula is C12H17NO4. The quantitative estimate of drug-likeness (QED) is 0.538. The molecule has 0 unspecified atom stereocenters. The molecule has 0 aromatic carbocycles. The summed E-state index contributed by atoms with van der Waals surface area (Å²) in [4.78, 5) is 36.0. The maximum absolute atomic E-state index is 12.1. The lowest BCUT2D eigenvalue weighted by atomic mass is 9.57. The lowest BCUT2D eigenvalue weighted by Gasteiger charge is -2.47. The molecule has 1 aliphatic carbocycles. The van der Waals surface area contributed by atoms with Crippen molar-refractivity contribution in [3.05, 3.63) is 0 Å². The van der Waals surface area contributed by atoms with Crippen LogP contribution in [0.1, 0.15) is 33.6 Å². The predicted molar refractivity (Wildman–Crippen MR) is 58.7 cm³/mol. The van der Waals surface area contributed by atoms with Gasteiger partial charge in [0.2, 0.25) is 5.91 Å². The normalized spacial score (nSPS) is 38.8. The summed E-state index contributed by atoms with van der Waals surface area (Å²) in [7, 11) is 1.49. The summed E-state index contributed by atoms with van der Waals surface area (Å²) in [6.45, 7) is 5.37. The molecule has 0 aromatic rings. The zero-order chi connectivity index (χ0) is 13.1. The van der Waals surface area contributed by atoms with Crippen LogP contribution in [0.5, 0.6) is 0 Å². The van der Waals surface area contributed by atoms with Crippen molar-refractivity contribution in [1.82, 2.24) is 5.32 Å². The van der Waals surface area contributed by atoms with Crippen molar-refractivity contribution in [2.45, 2.75) is 33.6 Å². The molecule has 0 aromatic heterocycles. The summed E-state index contributed by atoms with van der Waals surface area (Å²) in [6.07, 6.45) is 0.860. The van der Waals surface area contributed by atoms with Gasteiger partial charge in [0, 0.05) is 12.5 Å². The molecule has 2 fully saturated rings. The van der Waals surface area contributed by atoms with Crippen molar-refractivity contribution in [3.63, 3.8) is 0 Å². The smallest absolute Gasteiger partial charge is 0.329 e. The van der Waals surface area contributed by atoms with E-state index in [1.54, 1.807) is 20.8 Å². The highest BCUT2D eigenvalue weighted by atomic mass is 16.6. The highest BCUT2D eigenvalue weighted by Crippen LogP contribution is 2.66. The third-order valence-electron chi connectivity index (χ3n) is 5.05. The summed E-state index contributed by atoms with van der Waals surface area (Å²) < 4.78 is 4.80. The molecule has 5 heteroatoms. The average Bonchev–Trinajstić information content (AvgIpc) is 2.40. The van der Waals surface area contributed by atoms with Crippen molar-refractivity contribution in [3.8, 4) is 0 Å². The van der Waals surface area contributed by atoms with E-state index in [1.165, 1.54) is 7.05 Å². The first-order valence-electron chi connectivity index (χ1n) is 5.73. The van der Waals surface area contributed by atoms with Crippen LogP contribution in [-0.2, 0) is 19.1 Å². The van der Waals surface area contributed by atoms with Crippen molar-refractivity contribution in [2.75, 3.05) is 7.05 Å². The molecule has 1 amide bonds. The molecule has 2 atom stereocenters. The van der Waals surface area contributed by atoms with Gasteiger partial charge in [0.15, 0.2) is 5.41 Å². The van der Waals surface area contributed by atoms with E-state index in [0.29, 0.717) is 12.8 Å². The SMILES string of the molecule is CNC(=O)[C@@]12CC[C@](C)(C(=O)OC1=O)C2(C)C. The van der Waals surface area contributed by atoms with Crippen LogP contribution >= 0.6 is 0 Å². The number of ether oxygens (including phenoxy) is 1. The average molecular weight is 239 g/mol. The minimum Gasteiger partial charge on any atom is -0.392 e. The van der Waals surface area contributed by atoms with Crippen molar-refractivity contribution < 1.29 is 19.1 Å². The number of hydrogen-bond acceptors (Lipinski definition) is 4. The van der Waals surface area contributed by atoms with Gasteiger partial charge in [0.25, 0.3) is 0 Å². The van der Waals surface area contributed by atoms with E-state index >= 15 is 0 Å². The third kappa shape index (κ3) is 1.02. The molecule has 1 N–H and O–H groups in total. The van der Waals surface area contributed by atoms with Crippen LogP contribution in [0.2, 0.25) is 0 Å². The second-order valence-electron chi connectivity index (χ2n) is 5.62. The predicted octanol–water partition coefficient (Wildman–Crippen LogP) is 0.628. The Morgan fingerprint density at radius 1 is 1.18 bits per heavy atom. The number of rotatable bonds is 1. The van der Waals surface area contributed by atoms with Gasteiger partial charge in [-0.05, 0) is 19.8 Å². The Hall–Kier alpha value is -1.39. The van der Waals surface area contributed by atoms with Gasteiger partial charge in [-0.1, -0.05) is 13.8 Å². The molecule has 94 valence electrons. The monoisotopic (exact) mass is 239 g/mol. The summed E-state index contributed by atoms with van der Waals surface area (Å²) in [6, 6.07) is 0. The minimum atomic E-state index is -1.23. The highest BCUT2D eigenvalue weighted by molar-refractivity contribution is 6.11. The number of esters is 2. The molecule has 2 bridgehead atoms. The Kier molecular flexibility index (Phi) is 2.19. The highest BCUT2D eigenvalue weighted by Gasteiger charge is 2.75. The summed E-state index contributed by atoms with van der Waals surface area (Å²) in [5, 5.41) is 2.52. The van der Waals surface area contributed by atoms with Crippen LogP contribution in [0.3, 0.4) is 0 Å². The fraction of sp³-hybridized carbons (Fsp3) is 0.750. The van der Waals surface area contributed by atoms with Gasteiger partial charge in [-0.25, -0.2) is 0 Å². The van der Waals surface area contributed by atoms with Gasteiger partial charge in [-0.3, -0.25) is 14.4 Å². The Morgan fingerprint density at radius 2 is 1.76 bits per heavy atom. The van der Waals surface area contributed by atoms with Crippen LogP contribution in [0, 0.1) is 16.2 Å². The number of carbonyl (C=O) groups excluding carboxylic acids is 3. The number of fused-ring (bicyclic) bond motifs is 2. The number of nitrogens with one attached hydrogen (secondary N) is 1. The summed E-state index contributed by atoms with van der Waals surface area (Å²) >= 11 is 0.